The standard InChI is InChI=1S/C19H35N3O2/c1-19(2,3)22-14-15(13-17(22)23)18(24)21(12-11-20(4)5)16-9-7-6-8-10-16/h15-16H,6-14H2,1-5H3. The van der Waals surface area contributed by atoms with Crippen molar-refractivity contribution in [3.05, 3.63) is 0 Å². The Morgan fingerprint density at radius 2 is 1.75 bits per heavy atom. The Morgan fingerprint density at radius 3 is 2.25 bits per heavy atom. The molecule has 2 rings (SSSR count). The Labute approximate surface area is 147 Å². The van der Waals surface area contributed by atoms with E-state index in [1.54, 1.807) is 0 Å². The van der Waals surface area contributed by atoms with E-state index in [9.17, 15) is 9.59 Å². The molecule has 1 atom stereocenters. The van der Waals surface area contributed by atoms with Gasteiger partial charge in [0.15, 0.2) is 0 Å². The van der Waals surface area contributed by atoms with Crippen LogP contribution in [0.4, 0.5) is 0 Å². The third kappa shape index (κ3) is 4.71. The first kappa shape index (κ1) is 19.2. The van der Waals surface area contributed by atoms with Crippen molar-refractivity contribution in [2.75, 3.05) is 33.7 Å². The van der Waals surface area contributed by atoms with Crippen LogP contribution in [-0.2, 0) is 9.59 Å². The topological polar surface area (TPSA) is 43.9 Å². The minimum absolute atomic E-state index is 0.122. The van der Waals surface area contributed by atoms with Crippen molar-refractivity contribution in [3.63, 3.8) is 0 Å². The van der Waals surface area contributed by atoms with Crippen molar-refractivity contribution in [2.24, 2.45) is 5.92 Å². The van der Waals surface area contributed by atoms with Crippen LogP contribution in [0.25, 0.3) is 0 Å². The second-order valence-electron chi connectivity index (χ2n) is 8.70. The number of likely N-dealkylation sites (N-methyl/N-ethyl adjacent to an activating group) is 1. The summed E-state index contributed by atoms with van der Waals surface area (Å²) in [6, 6.07) is 0.366. The lowest BCUT2D eigenvalue weighted by Gasteiger charge is -2.37. The highest BCUT2D eigenvalue weighted by atomic mass is 16.2. The van der Waals surface area contributed by atoms with Crippen molar-refractivity contribution < 1.29 is 9.59 Å². The van der Waals surface area contributed by atoms with Crippen molar-refractivity contribution in [1.82, 2.24) is 14.7 Å². The van der Waals surface area contributed by atoms with E-state index >= 15 is 0 Å². The molecule has 24 heavy (non-hydrogen) atoms. The van der Waals surface area contributed by atoms with Gasteiger partial charge in [0.2, 0.25) is 11.8 Å². The monoisotopic (exact) mass is 337 g/mol. The second-order valence-corrected chi connectivity index (χ2v) is 8.70. The first-order valence-electron chi connectivity index (χ1n) is 9.46. The molecular formula is C19H35N3O2. The number of carbonyl (C=O) groups is 2. The highest BCUT2D eigenvalue weighted by molar-refractivity contribution is 5.89. The van der Waals surface area contributed by atoms with Crippen LogP contribution in [-0.4, -0.2) is 71.8 Å². The van der Waals surface area contributed by atoms with Gasteiger partial charge in [0.1, 0.15) is 0 Å². The molecule has 1 saturated heterocycles. The maximum atomic E-state index is 13.2. The average molecular weight is 338 g/mol. The predicted octanol–water partition coefficient (Wildman–Crippen LogP) is 2.36. The van der Waals surface area contributed by atoms with Gasteiger partial charge < -0.3 is 14.7 Å². The van der Waals surface area contributed by atoms with E-state index in [1.807, 2.05) is 39.8 Å². The predicted molar refractivity (Wildman–Crippen MR) is 96.7 cm³/mol. The highest BCUT2D eigenvalue weighted by Crippen LogP contribution is 2.30. The zero-order valence-corrected chi connectivity index (χ0v) is 16.2. The molecule has 0 spiro atoms. The fourth-order valence-electron chi connectivity index (χ4n) is 3.93. The summed E-state index contributed by atoms with van der Waals surface area (Å²) in [5.41, 5.74) is -0.203. The SMILES string of the molecule is CN(C)CCN(C(=O)C1CC(=O)N(C(C)(C)C)C1)C1CCCCC1. The van der Waals surface area contributed by atoms with Crippen molar-refractivity contribution in [3.8, 4) is 0 Å². The van der Waals surface area contributed by atoms with Gasteiger partial charge in [0, 0.05) is 37.6 Å². The summed E-state index contributed by atoms with van der Waals surface area (Å²) in [6.07, 6.45) is 6.32. The Balaban J connectivity index is 2.07. The van der Waals surface area contributed by atoms with Crippen LogP contribution < -0.4 is 0 Å². The van der Waals surface area contributed by atoms with E-state index in [-0.39, 0.29) is 23.3 Å². The average Bonchev–Trinajstić information content (AvgIpc) is 2.90. The van der Waals surface area contributed by atoms with E-state index in [4.69, 9.17) is 0 Å². The van der Waals surface area contributed by atoms with Crippen LogP contribution in [0.1, 0.15) is 59.3 Å². The lowest BCUT2D eigenvalue weighted by molar-refractivity contribution is -0.139. The minimum Gasteiger partial charge on any atom is -0.338 e. The Kier molecular flexibility index (Phi) is 6.29. The number of amides is 2. The van der Waals surface area contributed by atoms with E-state index < -0.39 is 0 Å². The molecule has 0 bridgehead atoms. The number of rotatable bonds is 5. The molecule has 0 N–H and O–H groups in total. The Bertz CT molecular complexity index is 450. The van der Waals surface area contributed by atoms with E-state index in [0.717, 1.165) is 25.9 Å². The summed E-state index contributed by atoms with van der Waals surface area (Å²) in [5, 5.41) is 0. The zero-order chi connectivity index (χ0) is 17.9. The maximum absolute atomic E-state index is 13.2. The molecule has 5 heteroatoms. The lowest BCUT2D eigenvalue weighted by Crippen LogP contribution is -2.48. The van der Waals surface area contributed by atoms with Gasteiger partial charge in [-0.05, 0) is 47.7 Å². The number of likely N-dealkylation sites (tertiary alicyclic amines) is 1. The van der Waals surface area contributed by atoms with E-state index in [2.05, 4.69) is 9.80 Å². The van der Waals surface area contributed by atoms with Crippen LogP contribution in [0.2, 0.25) is 0 Å². The zero-order valence-electron chi connectivity index (χ0n) is 16.2. The van der Waals surface area contributed by atoms with Crippen molar-refractivity contribution in [2.45, 2.75) is 70.9 Å². The second kappa shape index (κ2) is 7.85. The third-order valence-corrected chi connectivity index (χ3v) is 5.37. The van der Waals surface area contributed by atoms with Crippen LogP contribution in [0.5, 0.6) is 0 Å². The van der Waals surface area contributed by atoms with E-state index in [0.29, 0.717) is 19.0 Å². The largest absolute Gasteiger partial charge is 0.338 e. The molecule has 1 aliphatic heterocycles. The Hall–Kier alpha value is -1.10. The van der Waals surface area contributed by atoms with Gasteiger partial charge in [0.05, 0.1) is 5.92 Å². The quantitative estimate of drug-likeness (QED) is 0.773. The fraction of sp³-hybridized carbons (Fsp3) is 0.895. The highest BCUT2D eigenvalue weighted by Gasteiger charge is 2.41. The van der Waals surface area contributed by atoms with Crippen molar-refractivity contribution >= 4 is 11.8 Å². The van der Waals surface area contributed by atoms with Crippen LogP contribution in [0, 0.1) is 5.92 Å². The fourth-order valence-corrected chi connectivity index (χ4v) is 3.93. The summed E-state index contributed by atoms with van der Waals surface area (Å²) in [7, 11) is 4.09. The molecule has 1 unspecified atom stereocenters. The summed E-state index contributed by atoms with van der Waals surface area (Å²) < 4.78 is 0. The first-order valence-corrected chi connectivity index (χ1v) is 9.46. The van der Waals surface area contributed by atoms with Gasteiger partial charge in [-0.2, -0.15) is 0 Å². The molecule has 1 saturated carbocycles. The molecule has 138 valence electrons. The molecule has 5 nitrogen and oxygen atoms in total. The Morgan fingerprint density at radius 1 is 1.12 bits per heavy atom. The van der Waals surface area contributed by atoms with E-state index in [1.165, 1.54) is 19.3 Å². The molecule has 0 aromatic rings. The van der Waals surface area contributed by atoms with Gasteiger partial charge in [0.25, 0.3) is 0 Å². The minimum atomic E-state index is -0.203. The number of nitrogens with zero attached hydrogens (tertiary/aromatic N) is 3. The molecule has 0 aromatic carbocycles. The van der Waals surface area contributed by atoms with Gasteiger partial charge in [-0.3, -0.25) is 9.59 Å². The molecule has 2 fully saturated rings. The molecule has 1 aliphatic carbocycles. The number of hydrogen-bond donors (Lipinski definition) is 0. The van der Waals surface area contributed by atoms with Crippen LogP contribution in [0.3, 0.4) is 0 Å². The van der Waals surface area contributed by atoms with Crippen LogP contribution in [0.15, 0.2) is 0 Å². The van der Waals surface area contributed by atoms with Gasteiger partial charge in [-0.15, -0.1) is 0 Å². The summed E-state index contributed by atoms with van der Waals surface area (Å²) in [6.45, 7) is 8.36. The lowest BCUT2D eigenvalue weighted by atomic mass is 9.93. The summed E-state index contributed by atoms with van der Waals surface area (Å²) >= 11 is 0. The number of hydrogen-bond acceptors (Lipinski definition) is 3. The summed E-state index contributed by atoms with van der Waals surface area (Å²) in [5.74, 6) is 0.154. The molecule has 1 heterocycles. The molecule has 2 amide bonds. The smallest absolute Gasteiger partial charge is 0.228 e. The summed E-state index contributed by atoms with van der Waals surface area (Å²) in [4.78, 5) is 31.7. The normalized spacial score (nSPS) is 23.2. The van der Waals surface area contributed by atoms with Crippen LogP contribution >= 0.6 is 0 Å². The van der Waals surface area contributed by atoms with Crippen molar-refractivity contribution in [1.29, 1.82) is 0 Å². The van der Waals surface area contributed by atoms with Gasteiger partial charge in [-0.1, -0.05) is 19.3 Å². The molecule has 0 radical (unpaired) electrons. The first-order chi connectivity index (χ1) is 11.2. The number of carbonyl (C=O) groups excluding carboxylic acids is 2. The van der Waals surface area contributed by atoms with Gasteiger partial charge >= 0.3 is 0 Å². The molecule has 0 aromatic heterocycles. The molecule has 2 aliphatic rings. The third-order valence-electron chi connectivity index (χ3n) is 5.37. The molecular weight excluding hydrogens is 302 g/mol. The van der Waals surface area contributed by atoms with Gasteiger partial charge in [-0.25, -0.2) is 0 Å². The maximum Gasteiger partial charge on any atom is 0.228 e.